The lowest BCUT2D eigenvalue weighted by Crippen LogP contribution is -2.22. The summed E-state index contributed by atoms with van der Waals surface area (Å²) in [5.41, 5.74) is 11.5. The van der Waals surface area contributed by atoms with E-state index in [4.69, 9.17) is 11.5 Å². The average molecular weight is 175 g/mol. The van der Waals surface area contributed by atoms with Gasteiger partial charge in [0, 0.05) is 0 Å². The summed E-state index contributed by atoms with van der Waals surface area (Å²) in [6.07, 6.45) is 3.89. The molecule has 4 N–H and O–H groups in total. The third-order valence-electron chi connectivity index (χ3n) is 1.49. The standard InChI is InChI=1S/C10H13N3/c11-10(12)13-8-4-7-9-5-2-1-3-6-9/h1-7H,8H2,(H4,11,12,13)/b7-4+. The Hall–Kier alpha value is -1.77. The Bertz CT molecular complexity index is 297. The third-order valence-corrected chi connectivity index (χ3v) is 1.49. The number of hydrogen-bond donors (Lipinski definition) is 2. The molecule has 0 aromatic heterocycles. The highest BCUT2D eigenvalue weighted by Gasteiger charge is 1.81. The predicted molar refractivity (Wildman–Crippen MR) is 56.2 cm³/mol. The molecule has 3 nitrogen and oxygen atoms in total. The van der Waals surface area contributed by atoms with Gasteiger partial charge in [0.1, 0.15) is 0 Å². The smallest absolute Gasteiger partial charge is 0.186 e. The lowest BCUT2D eigenvalue weighted by Gasteiger charge is -1.90. The van der Waals surface area contributed by atoms with Gasteiger partial charge in [0.25, 0.3) is 0 Å². The van der Waals surface area contributed by atoms with Crippen LogP contribution in [0, 0.1) is 0 Å². The van der Waals surface area contributed by atoms with Crippen molar-refractivity contribution in [3.63, 3.8) is 0 Å². The van der Waals surface area contributed by atoms with Gasteiger partial charge in [0.15, 0.2) is 5.96 Å². The highest BCUT2D eigenvalue weighted by Crippen LogP contribution is 2.00. The Morgan fingerprint density at radius 2 is 1.92 bits per heavy atom. The summed E-state index contributed by atoms with van der Waals surface area (Å²) in [6.45, 7) is 0.525. The van der Waals surface area contributed by atoms with Crippen molar-refractivity contribution >= 4 is 12.0 Å². The zero-order valence-corrected chi connectivity index (χ0v) is 7.35. The molecule has 0 bridgehead atoms. The van der Waals surface area contributed by atoms with Crippen molar-refractivity contribution in [3.8, 4) is 0 Å². The highest BCUT2D eigenvalue weighted by atomic mass is 15.0. The molecule has 0 spiro atoms. The number of nitrogens with two attached hydrogens (primary N) is 2. The van der Waals surface area contributed by atoms with Crippen LogP contribution in [0.3, 0.4) is 0 Å². The van der Waals surface area contributed by atoms with Gasteiger partial charge in [-0.3, -0.25) is 0 Å². The van der Waals surface area contributed by atoms with Crippen molar-refractivity contribution < 1.29 is 0 Å². The van der Waals surface area contributed by atoms with E-state index in [-0.39, 0.29) is 5.96 Å². The van der Waals surface area contributed by atoms with Crippen LogP contribution in [0.4, 0.5) is 0 Å². The summed E-state index contributed by atoms with van der Waals surface area (Å²) in [7, 11) is 0. The Morgan fingerprint density at radius 3 is 2.54 bits per heavy atom. The summed E-state index contributed by atoms with van der Waals surface area (Å²) >= 11 is 0. The Kier molecular flexibility index (Phi) is 3.57. The van der Waals surface area contributed by atoms with Gasteiger partial charge in [0.2, 0.25) is 0 Å². The van der Waals surface area contributed by atoms with Crippen LogP contribution in [0.15, 0.2) is 41.4 Å². The van der Waals surface area contributed by atoms with Gasteiger partial charge < -0.3 is 11.5 Å². The second-order valence-corrected chi connectivity index (χ2v) is 2.58. The lowest BCUT2D eigenvalue weighted by atomic mass is 10.2. The van der Waals surface area contributed by atoms with E-state index in [1.807, 2.05) is 42.5 Å². The monoisotopic (exact) mass is 175 g/mol. The second kappa shape index (κ2) is 4.98. The molecule has 0 atom stereocenters. The van der Waals surface area contributed by atoms with Crippen molar-refractivity contribution in [2.75, 3.05) is 6.54 Å². The number of nitrogens with zero attached hydrogens (tertiary/aromatic N) is 1. The van der Waals surface area contributed by atoms with Crippen LogP contribution in [0.5, 0.6) is 0 Å². The molecule has 13 heavy (non-hydrogen) atoms. The van der Waals surface area contributed by atoms with Gasteiger partial charge in [-0.2, -0.15) is 0 Å². The SMILES string of the molecule is NC(N)=NC/C=C/c1ccccc1. The van der Waals surface area contributed by atoms with Gasteiger partial charge in [-0.05, 0) is 5.56 Å². The minimum absolute atomic E-state index is 0.123. The molecule has 0 amide bonds. The van der Waals surface area contributed by atoms with Crippen LogP contribution in [0.1, 0.15) is 5.56 Å². The largest absolute Gasteiger partial charge is 0.370 e. The van der Waals surface area contributed by atoms with E-state index in [0.717, 1.165) is 5.56 Å². The molecule has 1 aromatic rings. The second-order valence-electron chi connectivity index (χ2n) is 2.58. The fourth-order valence-electron chi connectivity index (χ4n) is 0.911. The van der Waals surface area contributed by atoms with Gasteiger partial charge in [-0.25, -0.2) is 4.99 Å². The summed E-state index contributed by atoms with van der Waals surface area (Å²) < 4.78 is 0. The number of hydrogen-bond acceptors (Lipinski definition) is 1. The molecular formula is C10H13N3. The summed E-state index contributed by atoms with van der Waals surface area (Å²) in [5.74, 6) is 0.123. The van der Waals surface area contributed by atoms with E-state index in [9.17, 15) is 0 Å². The van der Waals surface area contributed by atoms with Gasteiger partial charge in [-0.15, -0.1) is 0 Å². The van der Waals surface area contributed by atoms with Crippen molar-refractivity contribution in [1.29, 1.82) is 0 Å². The third kappa shape index (κ3) is 3.96. The van der Waals surface area contributed by atoms with Crippen molar-refractivity contribution in [2.45, 2.75) is 0 Å². The van der Waals surface area contributed by atoms with Gasteiger partial charge in [0.05, 0.1) is 6.54 Å². The summed E-state index contributed by atoms with van der Waals surface area (Å²) in [5, 5.41) is 0. The van der Waals surface area contributed by atoms with E-state index in [0.29, 0.717) is 6.54 Å². The van der Waals surface area contributed by atoms with Crippen molar-refractivity contribution in [3.05, 3.63) is 42.0 Å². The maximum Gasteiger partial charge on any atom is 0.186 e. The van der Waals surface area contributed by atoms with E-state index >= 15 is 0 Å². The average Bonchev–Trinajstić information content (AvgIpc) is 2.14. The van der Waals surface area contributed by atoms with Crippen LogP contribution in [-0.2, 0) is 0 Å². The van der Waals surface area contributed by atoms with E-state index in [1.54, 1.807) is 0 Å². The highest BCUT2D eigenvalue weighted by molar-refractivity contribution is 5.75. The zero-order valence-electron chi connectivity index (χ0n) is 7.35. The molecule has 0 saturated carbocycles. The Morgan fingerprint density at radius 1 is 1.23 bits per heavy atom. The summed E-state index contributed by atoms with van der Waals surface area (Å²) in [4.78, 5) is 3.83. The number of benzene rings is 1. The minimum Gasteiger partial charge on any atom is -0.370 e. The molecule has 0 heterocycles. The molecule has 0 fully saturated rings. The molecular weight excluding hydrogens is 162 g/mol. The fraction of sp³-hybridized carbons (Fsp3) is 0.100. The molecule has 0 aliphatic rings. The van der Waals surface area contributed by atoms with E-state index in [1.165, 1.54) is 0 Å². The minimum atomic E-state index is 0.123. The molecule has 0 unspecified atom stereocenters. The van der Waals surface area contributed by atoms with Crippen LogP contribution >= 0.6 is 0 Å². The molecule has 0 aliphatic heterocycles. The van der Waals surface area contributed by atoms with E-state index < -0.39 is 0 Å². The topological polar surface area (TPSA) is 64.4 Å². The summed E-state index contributed by atoms with van der Waals surface area (Å²) in [6, 6.07) is 9.99. The Labute approximate surface area is 77.8 Å². The molecule has 1 rings (SSSR count). The Balaban J connectivity index is 2.46. The number of guanidine groups is 1. The molecule has 0 radical (unpaired) electrons. The first-order valence-electron chi connectivity index (χ1n) is 4.06. The first-order chi connectivity index (χ1) is 6.29. The van der Waals surface area contributed by atoms with Crippen molar-refractivity contribution in [1.82, 2.24) is 0 Å². The molecule has 0 aliphatic carbocycles. The van der Waals surface area contributed by atoms with E-state index in [2.05, 4.69) is 4.99 Å². The van der Waals surface area contributed by atoms with Crippen LogP contribution in [-0.4, -0.2) is 12.5 Å². The first-order valence-corrected chi connectivity index (χ1v) is 4.06. The molecule has 0 saturated heterocycles. The normalized spacial score (nSPS) is 10.2. The van der Waals surface area contributed by atoms with Crippen molar-refractivity contribution in [2.24, 2.45) is 16.5 Å². The van der Waals surface area contributed by atoms with Gasteiger partial charge >= 0.3 is 0 Å². The van der Waals surface area contributed by atoms with Gasteiger partial charge in [-0.1, -0.05) is 42.5 Å². The lowest BCUT2D eigenvalue weighted by molar-refractivity contribution is 1.22. The predicted octanol–water partition coefficient (Wildman–Crippen LogP) is 0.973. The number of aliphatic imine (C=N–C) groups is 1. The van der Waals surface area contributed by atoms with Crippen LogP contribution < -0.4 is 11.5 Å². The van der Waals surface area contributed by atoms with Crippen LogP contribution in [0.25, 0.3) is 6.08 Å². The zero-order chi connectivity index (χ0) is 9.52. The first kappa shape index (κ1) is 9.32. The van der Waals surface area contributed by atoms with Crippen LogP contribution in [0.2, 0.25) is 0 Å². The molecule has 68 valence electrons. The maximum absolute atomic E-state index is 5.17. The molecule has 1 aromatic carbocycles. The maximum atomic E-state index is 5.17. The molecule has 3 heteroatoms. The quantitative estimate of drug-likeness (QED) is 0.531. The number of rotatable bonds is 3. The fourth-order valence-corrected chi connectivity index (χ4v) is 0.911.